The van der Waals surface area contributed by atoms with Crippen LogP contribution < -0.4 is 0 Å². The Morgan fingerprint density at radius 1 is 1.24 bits per heavy atom. The highest BCUT2D eigenvalue weighted by atomic mass is 16.5. The Bertz CT molecular complexity index is 873. The molecule has 0 saturated carbocycles. The Balaban J connectivity index is 1.42. The lowest BCUT2D eigenvalue weighted by Gasteiger charge is -2.31. The molecule has 1 aromatic heterocycles. The van der Waals surface area contributed by atoms with Crippen molar-refractivity contribution in [3.8, 4) is 0 Å². The molecule has 6 nitrogen and oxygen atoms in total. The number of fused-ring (bicyclic) bond motifs is 1. The zero-order valence-electron chi connectivity index (χ0n) is 17.0. The van der Waals surface area contributed by atoms with E-state index in [1.54, 1.807) is 17.3 Å². The fraction of sp³-hybridized carbons (Fsp3) is 0.522. The second kappa shape index (κ2) is 8.91. The molecule has 2 saturated heterocycles. The van der Waals surface area contributed by atoms with Crippen LogP contribution in [0.1, 0.15) is 42.5 Å². The van der Waals surface area contributed by atoms with Crippen molar-refractivity contribution < 1.29 is 14.3 Å². The molecule has 3 heterocycles. The van der Waals surface area contributed by atoms with E-state index in [2.05, 4.69) is 4.98 Å². The zero-order valence-corrected chi connectivity index (χ0v) is 17.0. The van der Waals surface area contributed by atoms with E-state index in [1.807, 2.05) is 36.2 Å². The van der Waals surface area contributed by atoms with Crippen molar-refractivity contribution in [2.75, 3.05) is 33.4 Å². The molecule has 154 valence electrons. The third kappa shape index (κ3) is 4.42. The normalized spacial score (nSPS) is 22.0. The predicted octanol–water partition coefficient (Wildman–Crippen LogP) is 3.11. The summed E-state index contributed by atoms with van der Waals surface area (Å²) in [5, 5.41) is 1.87. The molecule has 0 spiro atoms. The van der Waals surface area contributed by atoms with Gasteiger partial charge in [0.05, 0.1) is 0 Å². The van der Waals surface area contributed by atoms with E-state index in [0.29, 0.717) is 31.1 Å². The number of carbonyl (C=O) groups excluding carboxylic acids is 2. The number of amides is 2. The van der Waals surface area contributed by atoms with Crippen LogP contribution in [0.5, 0.6) is 0 Å². The summed E-state index contributed by atoms with van der Waals surface area (Å²) in [4.78, 5) is 33.9. The lowest BCUT2D eigenvalue weighted by atomic mass is 9.98. The van der Waals surface area contributed by atoms with E-state index >= 15 is 0 Å². The summed E-state index contributed by atoms with van der Waals surface area (Å²) in [7, 11) is 1.83. The maximum atomic E-state index is 13.1. The van der Waals surface area contributed by atoms with Gasteiger partial charge < -0.3 is 14.5 Å². The highest BCUT2D eigenvalue weighted by Crippen LogP contribution is 2.25. The van der Waals surface area contributed by atoms with Crippen LogP contribution in [-0.4, -0.2) is 66.0 Å². The Kier molecular flexibility index (Phi) is 6.09. The van der Waals surface area contributed by atoms with Crippen molar-refractivity contribution in [3.05, 3.63) is 42.2 Å². The van der Waals surface area contributed by atoms with Gasteiger partial charge in [-0.3, -0.25) is 14.6 Å². The molecule has 2 aliphatic heterocycles. The molecule has 0 N–H and O–H groups in total. The third-order valence-electron chi connectivity index (χ3n) is 6.16. The first-order valence-electron chi connectivity index (χ1n) is 10.6. The zero-order chi connectivity index (χ0) is 20.2. The fourth-order valence-corrected chi connectivity index (χ4v) is 4.60. The number of likely N-dealkylation sites (N-methyl/N-ethyl adjacent to an activating group) is 1. The minimum atomic E-state index is -0.0122. The second-order valence-electron chi connectivity index (χ2n) is 8.26. The minimum Gasteiger partial charge on any atom is -0.381 e. The standard InChI is InChI=1S/C23H29N3O3/c1-25(23(28)21-8-2-6-18-14-24-10-9-20(18)21)15-19-7-3-11-26(19)22(27)13-17-5-4-12-29-16-17/h2,6,8-10,14,17,19H,3-5,7,11-13,15-16H2,1H3/t17?,19-/m0/s1. The van der Waals surface area contributed by atoms with E-state index in [1.165, 1.54) is 0 Å². The van der Waals surface area contributed by atoms with Crippen LogP contribution in [0, 0.1) is 5.92 Å². The number of likely N-dealkylation sites (tertiary alicyclic amines) is 1. The van der Waals surface area contributed by atoms with Gasteiger partial charge in [-0.2, -0.15) is 0 Å². The maximum absolute atomic E-state index is 13.1. The molecule has 2 atom stereocenters. The first-order chi connectivity index (χ1) is 14.1. The molecule has 2 fully saturated rings. The lowest BCUT2D eigenvalue weighted by Crippen LogP contribution is -2.44. The van der Waals surface area contributed by atoms with Crippen molar-refractivity contribution in [2.45, 2.75) is 38.1 Å². The Labute approximate surface area is 171 Å². The first-order valence-corrected chi connectivity index (χ1v) is 10.6. The van der Waals surface area contributed by atoms with Gasteiger partial charge in [-0.15, -0.1) is 0 Å². The molecule has 4 rings (SSSR count). The molecule has 1 unspecified atom stereocenters. The van der Waals surface area contributed by atoms with Crippen LogP contribution in [0.15, 0.2) is 36.7 Å². The molecular formula is C23H29N3O3. The highest BCUT2D eigenvalue weighted by Gasteiger charge is 2.32. The molecule has 6 heteroatoms. The molecule has 0 bridgehead atoms. The monoisotopic (exact) mass is 395 g/mol. The number of rotatable bonds is 5. The van der Waals surface area contributed by atoms with E-state index < -0.39 is 0 Å². The number of aromatic nitrogens is 1. The molecule has 2 aromatic rings. The van der Waals surface area contributed by atoms with Gasteiger partial charge in [0.15, 0.2) is 0 Å². The highest BCUT2D eigenvalue weighted by molar-refractivity contribution is 6.06. The van der Waals surface area contributed by atoms with Gasteiger partial charge in [-0.25, -0.2) is 0 Å². The number of carbonyl (C=O) groups is 2. The third-order valence-corrected chi connectivity index (χ3v) is 6.16. The van der Waals surface area contributed by atoms with Gasteiger partial charge >= 0.3 is 0 Å². The van der Waals surface area contributed by atoms with Gasteiger partial charge in [0.1, 0.15) is 0 Å². The van der Waals surface area contributed by atoms with Crippen LogP contribution in [0.3, 0.4) is 0 Å². The van der Waals surface area contributed by atoms with Crippen LogP contribution in [-0.2, 0) is 9.53 Å². The summed E-state index contributed by atoms with van der Waals surface area (Å²) in [5.74, 6) is 0.531. The molecule has 2 amide bonds. The summed E-state index contributed by atoms with van der Waals surface area (Å²) in [6.45, 7) is 2.86. The van der Waals surface area contributed by atoms with Crippen molar-refractivity contribution in [1.82, 2.24) is 14.8 Å². The first kappa shape index (κ1) is 19.8. The minimum absolute atomic E-state index is 0.0122. The van der Waals surface area contributed by atoms with E-state index in [9.17, 15) is 9.59 Å². The number of hydrogen-bond acceptors (Lipinski definition) is 4. The largest absolute Gasteiger partial charge is 0.381 e. The fourth-order valence-electron chi connectivity index (χ4n) is 4.60. The smallest absolute Gasteiger partial charge is 0.254 e. The van der Waals surface area contributed by atoms with Gasteiger partial charge in [-0.1, -0.05) is 12.1 Å². The molecule has 29 heavy (non-hydrogen) atoms. The average molecular weight is 396 g/mol. The number of nitrogens with zero attached hydrogens (tertiary/aromatic N) is 3. The molecule has 0 radical (unpaired) electrons. The van der Waals surface area contributed by atoms with E-state index in [0.717, 1.165) is 49.6 Å². The topological polar surface area (TPSA) is 62.7 Å². The lowest BCUT2D eigenvalue weighted by molar-refractivity contribution is -0.134. The van der Waals surface area contributed by atoms with Crippen molar-refractivity contribution in [3.63, 3.8) is 0 Å². The number of pyridine rings is 1. The summed E-state index contributed by atoms with van der Waals surface area (Å²) < 4.78 is 5.52. The van der Waals surface area contributed by atoms with Gasteiger partial charge in [-0.05, 0) is 49.1 Å². The second-order valence-corrected chi connectivity index (χ2v) is 8.26. The summed E-state index contributed by atoms with van der Waals surface area (Å²) in [5.41, 5.74) is 0.683. The van der Waals surface area contributed by atoms with Crippen molar-refractivity contribution >= 4 is 22.6 Å². The number of benzene rings is 1. The molecule has 2 aliphatic rings. The van der Waals surface area contributed by atoms with Crippen LogP contribution in [0.2, 0.25) is 0 Å². The molecular weight excluding hydrogens is 366 g/mol. The summed E-state index contributed by atoms with van der Waals surface area (Å²) >= 11 is 0. The van der Waals surface area contributed by atoms with E-state index in [4.69, 9.17) is 4.74 Å². The Morgan fingerprint density at radius 3 is 2.97 bits per heavy atom. The average Bonchev–Trinajstić information content (AvgIpc) is 3.21. The quantitative estimate of drug-likeness (QED) is 0.780. The summed E-state index contributed by atoms with van der Waals surface area (Å²) in [6.07, 6.45) is 8.11. The predicted molar refractivity (Wildman–Crippen MR) is 112 cm³/mol. The maximum Gasteiger partial charge on any atom is 0.254 e. The Hall–Kier alpha value is -2.47. The van der Waals surface area contributed by atoms with Crippen LogP contribution in [0.4, 0.5) is 0 Å². The molecule has 0 aliphatic carbocycles. The number of ether oxygens (including phenoxy) is 1. The number of hydrogen-bond donors (Lipinski definition) is 0. The van der Waals surface area contributed by atoms with Crippen molar-refractivity contribution in [1.29, 1.82) is 0 Å². The SMILES string of the molecule is CN(C[C@@H]1CCCN1C(=O)CC1CCCOC1)C(=O)c1cccc2cnccc12. The van der Waals surface area contributed by atoms with Gasteiger partial charge in [0.25, 0.3) is 5.91 Å². The summed E-state index contributed by atoms with van der Waals surface area (Å²) in [6, 6.07) is 7.70. The van der Waals surface area contributed by atoms with E-state index in [-0.39, 0.29) is 17.9 Å². The van der Waals surface area contributed by atoms with Gasteiger partial charge in [0.2, 0.25) is 5.91 Å². The van der Waals surface area contributed by atoms with Gasteiger partial charge in [0, 0.05) is 69.2 Å². The van der Waals surface area contributed by atoms with Crippen LogP contribution >= 0.6 is 0 Å². The van der Waals surface area contributed by atoms with Crippen LogP contribution in [0.25, 0.3) is 10.8 Å². The van der Waals surface area contributed by atoms with Crippen molar-refractivity contribution in [2.24, 2.45) is 5.92 Å². The Morgan fingerprint density at radius 2 is 2.14 bits per heavy atom. The molecule has 1 aromatic carbocycles.